The Hall–Kier alpha value is -0.965. The van der Waals surface area contributed by atoms with Gasteiger partial charge in [0.15, 0.2) is 9.84 Å². The monoisotopic (exact) mass is 198 g/mol. The van der Waals surface area contributed by atoms with E-state index in [0.717, 1.165) is 5.46 Å². The summed E-state index contributed by atoms with van der Waals surface area (Å²) in [6, 6.07) is 5.08. The van der Waals surface area contributed by atoms with Crippen LogP contribution < -0.4 is 10.2 Å². The molecule has 70 valence electrons. The van der Waals surface area contributed by atoms with Crippen LogP contribution in [0.5, 0.6) is 5.75 Å². The summed E-state index contributed by atoms with van der Waals surface area (Å²) >= 11 is 0. The van der Waals surface area contributed by atoms with Crippen LogP contribution in [0.4, 0.5) is 0 Å². The van der Waals surface area contributed by atoms with E-state index in [0.29, 0.717) is 5.75 Å². The third-order valence-electron chi connectivity index (χ3n) is 1.72. The minimum atomic E-state index is -3.19. The van der Waals surface area contributed by atoms with Crippen molar-refractivity contribution < 1.29 is 13.2 Å². The van der Waals surface area contributed by atoms with E-state index >= 15 is 0 Å². The van der Waals surface area contributed by atoms with Crippen LogP contribution in [-0.2, 0) is 9.84 Å². The molecule has 13 heavy (non-hydrogen) atoms. The smallest absolute Gasteiger partial charge is 0.179 e. The van der Waals surface area contributed by atoms with E-state index in [2.05, 4.69) is 0 Å². The minimum Gasteiger partial charge on any atom is -0.495 e. The number of hydrogen-bond acceptors (Lipinski definition) is 3. The standard InChI is InChI=1S/C8H11BO3S/c1-12-7-4-3-6(9)5-8(7)13(2,10)11/h3-5H,9H2,1-2H3. The molecule has 0 aromatic heterocycles. The zero-order valence-electron chi connectivity index (χ0n) is 7.87. The van der Waals surface area contributed by atoms with Crippen molar-refractivity contribution in [3.8, 4) is 5.75 Å². The predicted octanol–water partition coefficient (Wildman–Crippen LogP) is -0.643. The molecule has 0 aliphatic carbocycles. The lowest BCUT2D eigenvalue weighted by Crippen LogP contribution is -2.08. The molecule has 3 nitrogen and oxygen atoms in total. The highest BCUT2D eigenvalue weighted by Gasteiger charge is 2.13. The van der Waals surface area contributed by atoms with E-state index in [1.807, 2.05) is 13.9 Å². The van der Waals surface area contributed by atoms with E-state index in [1.54, 1.807) is 12.1 Å². The van der Waals surface area contributed by atoms with Gasteiger partial charge < -0.3 is 4.74 Å². The van der Waals surface area contributed by atoms with Gasteiger partial charge in [0.2, 0.25) is 0 Å². The Bertz CT molecular complexity index is 411. The van der Waals surface area contributed by atoms with Gasteiger partial charge in [0.25, 0.3) is 0 Å². The fraction of sp³-hybridized carbons (Fsp3) is 0.250. The second-order valence-electron chi connectivity index (χ2n) is 2.93. The summed E-state index contributed by atoms with van der Waals surface area (Å²) in [6.45, 7) is 0. The van der Waals surface area contributed by atoms with Crippen molar-refractivity contribution in [1.82, 2.24) is 0 Å². The Morgan fingerprint density at radius 2 is 2.00 bits per heavy atom. The highest BCUT2D eigenvalue weighted by molar-refractivity contribution is 7.90. The lowest BCUT2D eigenvalue weighted by atomic mass is 9.97. The molecule has 0 unspecified atom stereocenters. The fourth-order valence-corrected chi connectivity index (χ4v) is 1.99. The molecule has 1 rings (SSSR count). The molecule has 0 fully saturated rings. The molecular weight excluding hydrogens is 187 g/mol. The van der Waals surface area contributed by atoms with Crippen LogP contribution >= 0.6 is 0 Å². The number of ether oxygens (including phenoxy) is 1. The van der Waals surface area contributed by atoms with Gasteiger partial charge in [-0.25, -0.2) is 8.42 Å². The third kappa shape index (κ3) is 2.24. The number of rotatable bonds is 2. The SMILES string of the molecule is Bc1ccc(OC)c(S(C)(=O)=O)c1. The molecule has 0 saturated carbocycles. The highest BCUT2D eigenvalue weighted by atomic mass is 32.2. The Labute approximate surface area is 79.1 Å². The van der Waals surface area contributed by atoms with E-state index in [9.17, 15) is 8.42 Å². The Kier molecular flexibility index (Phi) is 2.66. The van der Waals surface area contributed by atoms with Crippen LogP contribution in [-0.4, -0.2) is 29.6 Å². The summed E-state index contributed by atoms with van der Waals surface area (Å²) in [5.41, 5.74) is 0.904. The molecule has 0 N–H and O–H groups in total. The first kappa shape index (κ1) is 10.1. The van der Waals surface area contributed by atoms with Gasteiger partial charge in [-0.05, 0) is 12.1 Å². The van der Waals surface area contributed by atoms with Crippen molar-refractivity contribution in [3.05, 3.63) is 18.2 Å². The van der Waals surface area contributed by atoms with Crippen molar-refractivity contribution in [1.29, 1.82) is 0 Å². The molecule has 0 atom stereocenters. The highest BCUT2D eigenvalue weighted by Crippen LogP contribution is 2.21. The molecule has 0 heterocycles. The zero-order chi connectivity index (χ0) is 10.1. The molecule has 0 spiro atoms. The zero-order valence-corrected chi connectivity index (χ0v) is 8.68. The average Bonchev–Trinajstić information content (AvgIpc) is 2.03. The topological polar surface area (TPSA) is 43.4 Å². The van der Waals surface area contributed by atoms with Crippen LogP contribution in [0.25, 0.3) is 0 Å². The first-order valence-electron chi connectivity index (χ1n) is 3.80. The molecule has 0 amide bonds. The van der Waals surface area contributed by atoms with Gasteiger partial charge in [-0.15, -0.1) is 0 Å². The van der Waals surface area contributed by atoms with E-state index in [1.165, 1.54) is 13.4 Å². The lowest BCUT2D eigenvalue weighted by Gasteiger charge is -2.06. The first-order valence-corrected chi connectivity index (χ1v) is 5.69. The first-order chi connectivity index (χ1) is 5.95. The quantitative estimate of drug-likeness (QED) is 0.593. The summed E-state index contributed by atoms with van der Waals surface area (Å²) in [7, 11) is 0.106. The molecule has 0 bridgehead atoms. The van der Waals surface area contributed by atoms with E-state index in [4.69, 9.17) is 4.74 Å². The average molecular weight is 198 g/mol. The number of hydrogen-bond donors (Lipinski definition) is 0. The fourth-order valence-electron chi connectivity index (χ4n) is 1.07. The maximum absolute atomic E-state index is 11.3. The summed E-state index contributed by atoms with van der Waals surface area (Å²) in [5.74, 6) is 0.396. The number of methoxy groups -OCH3 is 1. The van der Waals surface area contributed by atoms with Crippen molar-refractivity contribution in [2.24, 2.45) is 0 Å². The van der Waals surface area contributed by atoms with Gasteiger partial charge in [0, 0.05) is 6.26 Å². The van der Waals surface area contributed by atoms with Crippen LogP contribution in [0, 0.1) is 0 Å². The molecule has 1 aromatic rings. The van der Waals surface area contributed by atoms with Crippen molar-refractivity contribution in [3.63, 3.8) is 0 Å². The van der Waals surface area contributed by atoms with Gasteiger partial charge in [-0.1, -0.05) is 11.5 Å². The summed E-state index contributed by atoms with van der Waals surface area (Å²) in [5, 5.41) is 0. The van der Waals surface area contributed by atoms with Crippen LogP contribution in [0.15, 0.2) is 23.1 Å². The van der Waals surface area contributed by atoms with Crippen LogP contribution in [0.2, 0.25) is 0 Å². The molecule has 0 aliphatic heterocycles. The maximum atomic E-state index is 11.3. The Morgan fingerprint density at radius 1 is 1.38 bits per heavy atom. The van der Waals surface area contributed by atoms with E-state index < -0.39 is 9.84 Å². The summed E-state index contributed by atoms with van der Waals surface area (Å²) < 4.78 is 27.5. The van der Waals surface area contributed by atoms with Gasteiger partial charge in [0.1, 0.15) is 18.5 Å². The van der Waals surface area contributed by atoms with Crippen molar-refractivity contribution in [2.75, 3.05) is 13.4 Å². The summed E-state index contributed by atoms with van der Waals surface area (Å²) in [4.78, 5) is 0.245. The third-order valence-corrected chi connectivity index (χ3v) is 2.84. The van der Waals surface area contributed by atoms with Gasteiger partial charge in [-0.2, -0.15) is 0 Å². The maximum Gasteiger partial charge on any atom is 0.179 e. The largest absolute Gasteiger partial charge is 0.495 e. The van der Waals surface area contributed by atoms with Gasteiger partial charge >= 0.3 is 0 Å². The van der Waals surface area contributed by atoms with Crippen molar-refractivity contribution >= 4 is 23.1 Å². The minimum absolute atomic E-state index is 0.245. The van der Waals surface area contributed by atoms with Crippen LogP contribution in [0.1, 0.15) is 0 Å². The molecule has 1 aromatic carbocycles. The molecule has 5 heteroatoms. The van der Waals surface area contributed by atoms with Crippen LogP contribution in [0.3, 0.4) is 0 Å². The normalized spacial score (nSPS) is 11.2. The molecule has 0 saturated heterocycles. The van der Waals surface area contributed by atoms with Crippen molar-refractivity contribution in [2.45, 2.75) is 4.90 Å². The Morgan fingerprint density at radius 3 is 2.46 bits per heavy atom. The predicted molar refractivity (Wildman–Crippen MR) is 54.3 cm³/mol. The second-order valence-corrected chi connectivity index (χ2v) is 4.91. The second kappa shape index (κ2) is 3.42. The van der Waals surface area contributed by atoms with Gasteiger partial charge in [-0.3, -0.25) is 0 Å². The van der Waals surface area contributed by atoms with E-state index in [-0.39, 0.29) is 4.90 Å². The molecule has 0 radical (unpaired) electrons. The van der Waals surface area contributed by atoms with Gasteiger partial charge in [0.05, 0.1) is 7.11 Å². The molecule has 0 aliphatic rings. The number of benzene rings is 1. The molecular formula is C8H11BO3S. The summed E-state index contributed by atoms with van der Waals surface area (Å²) in [6.07, 6.45) is 1.17. The lowest BCUT2D eigenvalue weighted by molar-refractivity contribution is 0.403. The Balaban J connectivity index is 3.41. The number of sulfone groups is 1.